The highest BCUT2D eigenvalue weighted by molar-refractivity contribution is 5.43. The summed E-state index contributed by atoms with van der Waals surface area (Å²) >= 11 is 0. The van der Waals surface area contributed by atoms with E-state index in [1.54, 1.807) is 0 Å². The smallest absolute Gasteiger partial charge is 0.121 e. The molecule has 1 aromatic rings. The minimum absolute atomic E-state index is 0.716. The lowest BCUT2D eigenvalue weighted by atomic mass is 10.1. The summed E-state index contributed by atoms with van der Waals surface area (Å²) in [5.74, 6) is 1.60. The first-order chi connectivity index (χ1) is 8.65. The molecule has 0 aliphatic rings. The van der Waals surface area contributed by atoms with Crippen LogP contribution < -0.4 is 10.5 Å². The van der Waals surface area contributed by atoms with E-state index >= 15 is 0 Å². The van der Waals surface area contributed by atoms with Gasteiger partial charge in [-0.2, -0.15) is 0 Å². The molecular formula is C15H26N2O. The maximum atomic E-state index is 5.71. The number of hydrogen-bond acceptors (Lipinski definition) is 3. The van der Waals surface area contributed by atoms with Gasteiger partial charge in [0.1, 0.15) is 12.4 Å². The minimum atomic E-state index is 0.716. The Labute approximate surface area is 111 Å². The quantitative estimate of drug-likeness (QED) is 0.721. The number of ether oxygens (including phenoxy) is 1. The van der Waals surface area contributed by atoms with Gasteiger partial charge in [0.2, 0.25) is 0 Å². The van der Waals surface area contributed by atoms with Gasteiger partial charge in [0, 0.05) is 24.8 Å². The zero-order valence-corrected chi connectivity index (χ0v) is 11.9. The summed E-state index contributed by atoms with van der Waals surface area (Å²) in [7, 11) is 0. The van der Waals surface area contributed by atoms with Gasteiger partial charge in [0.25, 0.3) is 0 Å². The van der Waals surface area contributed by atoms with E-state index in [0.29, 0.717) is 6.61 Å². The molecule has 0 amide bonds. The van der Waals surface area contributed by atoms with Crippen LogP contribution in [0.2, 0.25) is 0 Å². The van der Waals surface area contributed by atoms with E-state index in [4.69, 9.17) is 10.5 Å². The second kappa shape index (κ2) is 7.98. The van der Waals surface area contributed by atoms with Crippen LogP contribution in [-0.2, 0) is 0 Å². The second-order valence-electron chi connectivity index (χ2n) is 4.83. The number of anilines is 1. The van der Waals surface area contributed by atoms with Crippen LogP contribution in [0.5, 0.6) is 5.75 Å². The Hall–Kier alpha value is -1.22. The minimum Gasteiger partial charge on any atom is -0.492 e. The number of rotatable bonds is 8. The molecule has 0 aliphatic carbocycles. The fourth-order valence-electron chi connectivity index (χ4n) is 1.85. The number of nitrogens with zero attached hydrogens (tertiary/aromatic N) is 1. The first-order valence-corrected chi connectivity index (χ1v) is 6.86. The van der Waals surface area contributed by atoms with Crippen LogP contribution >= 0.6 is 0 Å². The van der Waals surface area contributed by atoms with Crippen molar-refractivity contribution in [3.05, 3.63) is 24.3 Å². The molecule has 1 rings (SSSR count). The van der Waals surface area contributed by atoms with Crippen LogP contribution in [0.4, 0.5) is 5.69 Å². The summed E-state index contributed by atoms with van der Waals surface area (Å²) in [6.45, 7) is 10.6. The Balaban J connectivity index is 2.31. The van der Waals surface area contributed by atoms with Crippen molar-refractivity contribution in [2.24, 2.45) is 5.92 Å². The van der Waals surface area contributed by atoms with Gasteiger partial charge in [0.05, 0.1) is 0 Å². The highest BCUT2D eigenvalue weighted by Crippen LogP contribution is 2.14. The molecule has 0 spiro atoms. The van der Waals surface area contributed by atoms with Crippen LogP contribution in [0, 0.1) is 5.92 Å². The SMILES string of the molecule is CCC(C)CN(CC)CCOc1cccc(N)c1. The van der Waals surface area contributed by atoms with Crippen molar-refractivity contribution >= 4 is 5.69 Å². The predicted octanol–water partition coefficient (Wildman–Crippen LogP) is 3.02. The van der Waals surface area contributed by atoms with E-state index in [1.807, 2.05) is 24.3 Å². The molecule has 0 radical (unpaired) electrons. The van der Waals surface area contributed by atoms with E-state index in [1.165, 1.54) is 6.42 Å². The van der Waals surface area contributed by atoms with Crippen LogP contribution in [-0.4, -0.2) is 31.1 Å². The lowest BCUT2D eigenvalue weighted by Crippen LogP contribution is -2.32. The molecule has 0 fully saturated rings. The van der Waals surface area contributed by atoms with Crippen LogP contribution in [0.3, 0.4) is 0 Å². The van der Waals surface area contributed by atoms with E-state index in [0.717, 1.165) is 37.0 Å². The molecule has 1 atom stereocenters. The molecule has 0 bridgehead atoms. The lowest BCUT2D eigenvalue weighted by Gasteiger charge is -2.23. The van der Waals surface area contributed by atoms with Gasteiger partial charge in [0.15, 0.2) is 0 Å². The standard InChI is InChI=1S/C15H26N2O/c1-4-13(3)12-17(5-2)9-10-18-15-8-6-7-14(16)11-15/h6-8,11,13H,4-5,9-10,12,16H2,1-3H3. The number of hydrogen-bond donors (Lipinski definition) is 1. The van der Waals surface area contributed by atoms with E-state index in [-0.39, 0.29) is 0 Å². The average Bonchev–Trinajstić information content (AvgIpc) is 2.37. The first-order valence-electron chi connectivity index (χ1n) is 6.86. The zero-order chi connectivity index (χ0) is 13.4. The molecule has 0 saturated carbocycles. The van der Waals surface area contributed by atoms with E-state index < -0.39 is 0 Å². The third-order valence-corrected chi connectivity index (χ3v) is 3.25. The molecule has 18 heavy (non-hydrogen) atoms. The molecule has 1 unspecified atom stereocenters. The first kappa shape index (κ1) is 14.8. The second-order valence-corrected chi connectivity index (χ2v) is 4.83. The van der Waals surface area contributed by atoms with Crippen molar-refractivity contribution in [3.8, 4) is 5.75 Å². The molecule has 0 aliphatic heterocycles. The van der Waals surface area contributed by atoms with Crippen LogP contribution in [0.15, 0.2) is 24.3 Å². The summed E-state index contributed by atoms with van der Waals surface area (Å²) in [5.41, 5.74) is 6.46. The fraction of sp³-hybridized carbons (Fsp3) is 0.600. The van der Waals surface area contributed by atoms with Gasteiger partial charge in [-0.25, -0.2) is 0 Å². The number of nitrogen functional groups attached to an aromatic ring is 1. The van der Waals surface area contributed by atoms with Crippen LogP contribution in [0.25, 0.3) is 0 Å². The molecular weight excluding hydrogens is 224 g/mol. The number of nitrogens with two attached hydrogens (primary N) is 1. The van der Waals surface area contributed by atoms with Crippen molar-refractivity contribution < 1.29 is 4.74 Å². The topological polar surface area (TPSA) is 38.5 Å². The van der Waals surface area contributed by atoms with E-state index in [9.17, 15) is 0 Å². The summed E-state index contributed by atoms with van der Waals surface area (Å²) < 4.78 is 5.71. The van der Waals surface area contributed by atoms with Gasteiger partial charge < -0.3 is 10.5 Å². The molecule has 0 saturated heterocycles. The van der Waals surface area contributed by atoms with Crippen molar-refractivity contribution in [1.29, 1.82) is 0 Å². The normalized spacial score (nSPS) is 12.7. The highest BCUT2D eigenvalue weighted by Gasteiger charge is 2.07. The molecule has 3 heteroatoms. The molecule has 102 valence electrons. The Bertz CT molecular complexity index is 341. The summed E-state index contributed by atoms with van der Waals surface area (Å²) in [6, 6.07) is 7.60. The number of likely N-dealkylation sites (N-methyl/N-ethyl adjacent to an activating group) is 1. The molecule has 0 heterocycles. The molecule has 0 aromatic heterocycles. The molecule has 2 N–H and O–H groups in total. The maximum Gasteiger partial charge on any atom is 0.121 e. The van der Waals surface area contributed by atoms with Crippen LogP contribution in [0.1, 0.15) is 27.2 Å². The lowest BCUT2D eigenvalue weighted by molar-refractivity contribution is 0.194. The third-order valence-electron chi connectivity index (χ3n) is 3.25. The fourth-order valence-corrected chi connectivity index (χ4v) is 1.85. The summed E-state index contributed by atoms with van der Waals surface area (Å²) in [4.78, 5) is 2.43. The summed E-state index contributed by atoms with van der Waals surface area (Å²) in [6.07, 6.45) is 1.23. The molecule has 1 aromatic carbocycles. The monoisotopic (exact) mass is 250 g/mol. The summed E-state index contributed by atoms with van der Waals surface area (Å²) in [5, 5.41) is 0. The predicted molar refractivity (Wildman–Crippen MR) is 77.9 cm³/mol. The van der Waals surface area contributed by atoms with E-state index in [2.05, 4.69) is 25.7 Å². The van der Waals surface area contributed by atoms with Gasteiger partial charge in [-0.3, -0.25) is 4.90 Å². The number of benzene rings is 1. The molecule has 3 nitrogen and oxygen atoms in total. The Morgan fingerprint density at radius 1 is 1.33 bits per heavy atom. The highest BCUT2D eigenvalue weighted by atomic mass is 16.5. The van der Waals surface area contributed by atoms with Crippen molar-refractivity contribution in [1.82, 2.24) is 4.90 Å². The Morgan fingerprint density at radius 2 is 2.11 bits per heavy atom. The maximum absolute atomic E-state index is 5.71. The largest absolute Gasteiger partial charge is 0.492 e. The van der Waals surface area contributed by atoms with Crippen molar-refractivity contribution in [3.63, 3.8) is 0 Å². The Kier molecular flexibility index (Phi) is 6.58. The third kappa shape index (κ3) is 5.41. The Morgan fingerprint density at radius 3 is 2.72 bits per heavy atom. The zero-order valence-electron chi connectivity index (χ0n) is 11.9. The van der Waals surface area contributed by atoms with Gasteiger partial charge in [-0.15, -0.1) is 0 Å². The van der Waals surface area contributed by atoms with Crippen molar-refractivity contribution in [2.75, 3.05) is 32.0 Å². The van der Waals surface area contributed by atoms with Gasteiger partial charge in [-0.05, 0) is 24.6 Å². The van der Waals surface area contributed by atoms with Gasteiger partial charge in [-0.1, -0.05) is 33.3 Å². The van der Waals surface area contributed by atoms with Gasteiger partial charge >= 0.3 is 0 Å². The average molecular weight is 250 g/mol. The van der Waals surface area contributed by atoms with Crippen molar-refractivity contribution in [2.45, 2.75) is 27.2 Å².